The molecule has 0 rings (SSSR count). The summed E-state index contributed by atoms with van der Waals surface area (Å²) in [6, 6.07) is -1.55. The predicted molar refractivity (Wildman–Crippen MR) is 75.0 cm³/mol. The molecule has 0 heterocycles. The highest BCUT2D eigenvalue weighted by Gasteiger charge is 2.25. The van der Waals surface area contributed by atoms with E-state index >= 15 is 0 Å². The largest absolute Gasteiger partial charge is 0.480 e. The highest BCUT2D eigenvalue weighted by atomic mass is 16.4. The molecule has 0 spiro atoms. The lowest BCUT2D eigenvalue weighted by Gasteiger charge is -2.26. The fraction of sp³-hybridized carbons (Fsp3) is 0.769. The Hall–Kier alpha value is -1.79. The number of carboxylic acid groups (broad SMARTS) is 1. The van der Waals surface area contributed by atoms with Crippen LogP contribution in [0.25, 0.3) is 0 Å². The lowest BCUT2D eigenvalue weighted by atomic mass is 10.0. The molecular formula is C13H25N3O4. The molecule has 0 unspecified atom stereocenters. The Balaban J connectivity index is 4.77. The van der Waals surface area contributed by atoms with Crippen LogP contribution in [-0.2, 0) is 9.59 Å². The zero-order valence-electron chi connectivity index (χ0n) is 12.5. The number of carbonyl (C=O) groups is 3. The van der Waals surface area contributed by atoms with Gasteiger partial charge in [-0.2, -0.15) is 0 Å². The number of carbonyl (C=O) groups excluding carboxylic acids is 2. The second-order valence-corrected chi connectivity index (χ2v) is 5.71. The quantitative estimate of drug-likeness (QED) is 0.608. The van der Waals surface area contributed by atoms with Crippen molar-refractivity contribution in [3.63, 3.8) is 0 Å². The number of carboxylic acids is 1. The van der Waals surface area contributed by atoms with Crippen molar-refractivity contribution in [1.82, 2.24) is 10.2 Å². The van der Waals surface area contributed by atoms with Crippen molar-refractivity contribution in [2.45, 2.75) is 40.2 Å². The summed E-state index contributed by atoms with van der Waals surface area (Å²) in [5.41, 5.74) is 5.10. The maximum absolute atomic E-state index is 12.1. The SMILES string of the molecule is CC(C)C[C@H](NC(=O)N(CC(N)=O)CC(C)C)C(=O)O. The van der Waals surface area contributed by atoms with E-state index in [9.17, 15) is 14.4 Å². The van der Waals surface area contributed by atoms with Gasteiger partial charge in [0, 0.05) is 6.54 Å². The van der Waals surface area contributed by atoms with E-state index < -0.39 is 23.9 Å². The van der Waals surface area contributed by atoms with E-state index in [0.717, 1.165) is 0 Å². The number of nitrogens with two attached hydrogens (primary N) is 1. The van der Waals surface area contributed by atoms with Crippen LogP contribution in [0.5, 0.6) is 0 Å². The van der Waals surface area contributed by atoms with Crippen LogP contribution in [0.3, 0.4) is 0 Å². The number of rotatable bonds is 8. The van der Waals surface area contributed by atoms with Crippen LogP contribution in [0.15, 0.2) is 0 Å². The van der Waals surface area contributed by atoms with Crippen LogP contribution in [-0.4, -0.2) is 47.0 Å². The van der Waals surface area contributed by atoms with E-state index in [-0.39, 0.29) is 18.4 Å². The molecule has 4 N–H and O–H groups in total. The summed E-state index contributed by atoms with van der Waals surface area (Å²) in [5.74, 6) is -1.44. The zero-order valence-corrected chi connectivity index (χ0v) is 12.5. The zero-order chi connectivity index (χ0) is 15.9. The van der Waals surface area contributed by atoms with Gasteiger partial charge in [-0.05, 0) is 18.3 Å². The summed E-state index contributed by atoms with van der Waals surface area (Å²) in [6.45, 7) is 7.64. The van der Waals surface area contributed by atoms with Gasteiger partial charge in [-0.3, -0.25) is 4.79 Å². The third-order valence-corrected chi connectivity index (χ3v) is 2.52. The molecule has 116 valence electrons. The fourth-order valence-electron chi connectivity index (χ4n) is 1.78. The van der Waals surface area contributed by atoms with Crippen molar-refractivity contribution in [1.29, 1.82) is 0 Å². The minimum absolute atomic E-state index is 0.131. The first-order valence-corrected chi connectivity index (χ1v) is 6.70. The number of primary amides is 1. The molecule has 0 aromatic carbocycles. The smallest absolute Gasteiger partial charge is 0.326 e. The Morgan fingerprint density at radius 2 is 1.70 bits per heavy atom. The molecule has 1 atom stereocenters. The van der Waals surface area contributed by atoms with E-state index in [1.54, 1.807) is 0 Å². The average molecular weight is 287 g/mol. The molecule has 0 aliphatic heterocycles. The van der Waals surface area contributed by atoms with Crippen LogP contribution in [0, 0.1) is 11.8 Å². The first-order valence-electron chi connectivity index (χ1n) is 6.70. The Bertz CT molecular complexity index is 356. The topological polar surface area (TPSA) is 113 Å². The lowest BCUT2D eigenvalue weighted by Crippen LogP contribution is -2.51. The lowest BCUT2D eigenvalue weighted by molar-refractivity contribution is -0.139. The number of hydrogen-bond acceptors (Lipinski definition) is 3. The molecule has 0 fully saturated rings. The number of aliphatic carboxylic acids is 1. The van der Waals surface area contributed by atoms with Crippen molar-refractivity contribution < 1.29 is 19.5 Å². The minimum Gasteiger partial charge on any atom is -0.480 e. The van der Waals surface area contributed by atoms with Crippen LogP contribution in [0.2, 0.25) is 0 Å². The normalized spacial score (nSPS) is 12.3. The number of nitrogens with one attached hydrogen (secondary N) is 1. The summed E-state index contributed by atoms with van der Waals surface area (Å²) in [6.07, 6.45) is 0.327. The predicted octanol–water partition coefficient (Wildman–Crippen LogP) is 0.639. The molecular weight excluding hydrogens is 262 g/mol. The van der Waals surface area contributed by atoms with Crippen LogP contribution in [0.1, 0.15) is 34.1 Å². The number of nitrogens with zero attached hydrogens (tertiary/aromatic N) is 1. The van der Waals surface area contributed by atoms with Gasteiger partial charge in [0.15, 0.2) is 0 Å². The van der Waals surface area contributed by atoms with Gasteiger partial charge in [-0.15, -0.1) is 0 Å². The van der Waals surface area contributed by atoms with Crippen molar-refractivity contribution in [3.05, 3.63) is 0 Å². The van der Waals surface area contributed by atoms with Gasteiger partial charge in [-0.25, -0.2) is 9.59 Å². The second kappa shape index (κ2) is 8.39. The van der Waals surface area contributed by atoms with Crippen LogP contribution < -0.4 is 11.1 Å². The number of hydrogen-bond donors (Lipinski definition) is 3. The molecule has 7 heteroatoms. The Labute approximate surface area is 119 Å². The second-order valence-electron chi connectivity index (χ2n) is 5.71. The fourth-order valence-corrected chi connectivity index (χ4v) is 1.78. The molecule has 7 nitrogen and oxygen atoms in total. The summed E-state index contributed by atoms with van der Waals surface area (Å²) < 4.78 is 0. The molecule has 20 heavy (non-hydrogen) atoms. The van der Waals surface area contributed by atoms with Crippen molar-refractivity contribution in [2.24, 2.45) is 17.6 Å². The van der Waals surface area contributed by atoms with Gasteiger partial charge in [-0.1, -0.05) is 27.7 Å². The van der Waals surface area contributed by atoms with Gasteiger partial charge in [0.1, 0.15) is 12.6 Å². The third kappa shape index (κ3) is 7.60. The van der Waals surface area contributed by atoms with E-state index in [0.29, 0.717) is 13.0 Å². The molecule has 3 amide bonds. The molecule has 0 aromatic heterocycles. The Morgan fingerprint density at radius 3 is 2.05 bits per heavy atom. The van der Waals surface area contributed by atoms with Crippen LogP contribution in [0.4, 0.5) is 4.79 Å². The van der Waals surface area contributed by atoms with E-state index in [4.69, 9.17) is 10.8 Å². The molecule has 0 radical (unpaired) electrons. The molecule has 0 saturated heterocycles. The van der Waals surface area contributed by atoms with Gasteiger partial charge < -0.3 is 21.1 Å². The summed E-state index contributed by atoms with van der Waals surface area (Å²) in [5, 5.41) is 11.5. The monoisotopic (exact) mass is 287 g/mol. The summed E-state index contributed by atoms with van der Waals surface area (Å²) in [4.78, 5) is 35.4. The summed E-state index contributed by atoms with van der Waals surface area (Å²) in [7, 11) is 0. The van der Waals surface area contributed by atoms with Gasteiger partial charge in [0.05, 0.1) is 0 Å². The summed E-state index contributed by atoms with van der Waals surface area (Å²) >= 11 is 0. The average Bonchev–Trinajstić information content (AvgIpc) is 2.24. The maximum atomic E-state index is 12.1. The highest BCUT2D eigenvalue weighted by molar-refractivity contribution is 5.86. The van der Waals surface area contributed by atoms with Gasteiger partial charge >= 0.3 is 12.0 Å². The molecule has 0 bridgehead atoms. The number of urea groups is 1. The highest BCUT2D eigenvalue weighted by Crippen LogP contribution is 2.06. The van der Waals surface area contributed by atoms with Crippen molar-refractivity contribution in [2.75, 3.05) is 13.1 Å². The van der Waals surface area contributed by atoms with Crippen molar-refractivity contribution in [3.8, 4) is 0 Å². The van der Waals surface area contributed by atoms with E-state index in [1.165, 1.54) is 4.90 Å². The van der Waals surface area contributed by atoms with E-state index in [1.807, 2.05) is 27.7 Å². The Morgan fingerprint density at radius 1 is 1.15 bits per heavy atom. The maximum Gasteiger partial charge on any atom is 0.326 e. The minimum atomic E-state index is -1.09. The first kappa shape index (κ1) is 18.2. The van der Waals surface area contributed by atoms with Gasteiger partial charge in [0.25, 0.3) is 0 Å². The number of amides is 3. The van der Waals surface area contributed by atoms with Crippen LogP contribution >= 0.6 is 0 Å². The molecule has 0 aliphatic rings. The van der Waals surface area contributed by atoms with Crippen molar-refractivity contribution >= 4 is 17.9 Å². The van der Waals surface area contributed by atoms with E-state index in [2.05, 4.69) is 5.32 Å². The van der Waals surface area contributed by atoms with Gasteiger partial charge in [0.2, 0.25) is 5.91 Å². The molecule has 0 saturated carbocycles. The first-order chi connectivity index (χ1) is 9.13. The standard InChI is InChI=1S/C13H25N3O4/c1-8(2)5-10(12(18)19)15-13(20)16(6-9(3)4)7-11(14)17/h8-10H,5-7H2,1-4H3,(H2,14,17)(H,15,20)(H,18,19)/t10-/m0/s1. The molecule has 0 aliphatic carbocycles. The Kier molecular flexibility index (Phi) is 7.64. The molecule has 0 aromatic rings. The third-order valence-electron chi connectivity index (χ3n) is 2.52.